The molecule has 0 saturated carbocycles. The number of nitrogens with one attached hydrogen (secondary N) is 1. The largest absolute Gasteiger partial charge is 0.382 e. The van der Waals surface area contributed by atoms with Crippen molar-refractivity contribution < 1.29 is 4.74 Å². The van der Waals surface area contributed by atoms with Gasteiger partial charge in [0.1, 0.15) is 5.65 Å². The van der Waals surface area contributed by atoms with Crippen LogP contribution in [0.5, 0.6) is 0 Å². The zero-order chi connectivity index (χ0) is 15.4. The van der Waals surface area contributed by atoms with Gasteiger partial charge in [-0.1, -0.05) is 36.4 Å². The molecule has 0 amide bonds. The second kappa shape index (κ2) is 6.30. The highest BCUT2D eigenvalue weighted by molar-refractivity contribution is 5.39. The van der Waals surface area contributed by atoms with Crippen molar-refractivity contribution in [3.8, 4) is 0 Å². The maximum atomic E-state index is 5.42. The van der Waals surface area contributed by atoms with Gasteiger partial charge in [-0.3, -0.25) is 5.32 Å². The van der Waals surface area contributed by atoms with Gasteiger partial charge in [0.2, 0.25) is 0 Å². The fourth-order valence-electron chi connectivity index (χ4n) is 2.69. The Morgan fingerprint density at radius 1 is 1.14 bits per heavy atom. The number of methoxy groups -OCH3 is 1. The fourth-order valence-corrected chi connectivity index (χ4v) is 2.69. The molecule has 4 nitrogen and oxygen atoms in total. The van der Waals surface area contributed by atoms with E-state index >= 15 is 0 Å². The van der Waals surface area contributed by atoms with E-state index < -0.39 is 0 Å². The molecule has 114 valence electrons. The third-order valence-corrected chi connectivity index (χ3v) is 3.92. The molecule has 3 rings (SSSR count). The van der Waals surface area contributed by atoms with Gasteiger partial charge >= 0.3 is 0 Å². The lowest BCUT2D eigenvalue weighted by atomic mass is 9.93. The average molecular weight is 295 g/mol. The number of imidazole rings is 1. The number of pyridine rings is 1. The van der Waals surface area contributed by atoms with Crippen LogP contribution in [-0.2, 0) is 16.8 Å². The molecule has 2 heterocycles. The van der Waals surface area contributed by atoms with E-state index in [2.05, 4.69) is 47.7 Å². The molecule has 1 unspecified atom stereocenters. The summed E-state index contributed by atoms with van der Waals surface area (Å²) in [7, 11) is 1.73. The minimum atomic E-state index is -0.244. The highest BCUT2D eigenvalue weighted by atomic mass is 16.5. The topological polar surface area (TPSA) is 38.6 Å². The molecule has 0 saturated heterocycles. The quantitative estimate of drug-likeness (QED) is 0.760. The summed E-state index contributed by atoms with van der Waals surface area (Å²) < 4.78 is 7.46. The van der Waals surface area contributed by atoms with E-state index in [4.69, 9.17) is 4.74 Å². The lowest BCUT2D eigenvalue weighted by Crippen LogP contribution is -2.43. The molecule has 0 fully saturated rings. The summed E-state index contributed by atoms with van der Waals surface area (Å²) in [6, 6.07) is 16.4. The van der Waals surface area contributed by atoms with Crippen molar-refractivity contribution in [1.29, 1.82) is 0 Å². The molecular weight excluding hydrogens is 274 g/mol. The van der Waals surface area contributed by atoms with Crippen molar-refractivity contribution in [2.75, 3.05) is 13.7 Å². The molecule has 1 N–H and O–H groups in total. The number of fused-ring (bicyclic) bond motifs is 1. The van der Waals surface area contributed by atoms with Crippen molar-refractivity contribution in [3.05, 3.63) is 72.2 Å². The van der Waals surface area contributed by atoms with Gasteiger partial charge in [-0.05, 0) is 24.6 Å². The Kier molecular flexibility index (Phi) is 4.22. The molecule has 2 aromatic heterocycles. The molecule has 4 heteroatoms. The van der Waals surface area contributed by atoms with Gasteiger partial charge in [0.05, 0.1) is 17.8 Å². The summed E-state index contributed by atoms with van der Waals surface area (Å²) in [6.45, 7) is 3.45. The van der Waals surface area contributed by atoms with Crippen LogP contribution in [0.15, 0.2) is 60.9 Å². The molecule has 0 aliphatic heterocycles. The van der Waals surface area contributed by atoms with Gasteiger partial charge < -0.3 is 9.14 Å². The Morgan fingerprint density at radius 3 is 2.64 bits per heavy atom. The Labute approximate surface area is 130 Å². The van der Waals surface area contributed by atoms with Crippen LogP contribution in [-0.4, -0.2) is 23.1 Å². The highest BCUT2D eigenvalue weighted by Crippen LogP contribution is 2.21. The molecule has 22 heavy (non-hydrogen) atoms. The first kappa shape index (κ1) is 14.8. The summed E-state index contributed by atoms with van der Waals surface area (Å²) >= 11 is 0. The Bertz CT molecular complexity index is 705. The van der Waals surface area contributed by atoms with Gasteiger partial charge in [-0.2, -0.15) is 0 Å². The SMILES string of the molecule is COCC(C)(NCc1cn2ccccc2n1)c1ccccc1. The average Bonchev–Trinajstić information content (AvgIpc) is 2.97. The number of aromatic nitrogens is 2. The van der Waals surface area contributed by atoms with Crippen LogP contribution in [0.2, 0.25) is 0 Å². The molecule has 3 aromatic rings. The van der Waals surface area contributed by atoms with Crippen molar-refractivity contribution in [3.63, 3.8) is 0 Å². The number of benzene rings is 1. The van der Waals surface area contributed by atoms with Crippen LogP contribution in [0.3, 0.4) is 0 Å². The monoisotopic (exact) mass is 295 g/mol. The molecule has 0 spiro atoms. The van der Waals surface area contributed by atoms with E-state index in [9.17, 15) is 0 Å². The number of hydrogen-bond donors (Lipinski definition) is 1. The van der Waals surface area contributed by atoms with Crippen LogP contribution < -0.4 is 5.32 Å². The van der Waals surface area contributed by atoms with Crippen molar-refractivity contribution in [2.45, 2.75) is 19.0 Å². The van der Waals surface area contributed by atoms with E-state index in [1.54, 1.807) is 7.11 Å². The molecular formula is C18H21N3O. The highest BCUT2D eigenvalue weighted by Gasteiger charge is 2.26. The second-order valence-electron chi connectivity index (χ2n) is 5.68. The zero-order valence-corrected chi connectivity index (χ0v) is 13.0. The molecule has 1 aromatic carbocycles. The Balaban J connectivity index is 1.79. The zero-order valence-electron chi connectivity index (χ0n) is 13.0. The molecule has 0 aliphatic carbocycles. The van der Waals surface area contributed by atoms with Crippen LogP contribution >= 0.6 is 0 Å². The Hall–Kier alpha value is -2.17. The van der Waals surface area contributed by atoms with Crippen LogP contribution in [0.25, 0.3) is 5.65 Å². The standard InChI is InChI=1S/C18H21N3O/c1-18(14-22-2,15-8-4-3-5-9-15)19-12-16-13-21-11-7-6-10-17(21)20-16/h3-11,13,19H,12,14H2,1-2H3. The number of rotatable bonds is 6. The van der Waals surface area contributed by atoms with Crippen molar-refractivity contribution in [2.24, 2.45) is 0 Å². The summed E-state index contributed by atoms with van der Waals surface area (Å²) in [5.41, 5.74) is 2.95. The second-order valence-corrected chi connectivity index (χ2v) is 5.68. The van der Waals surface area contributed by atoms with Crippen molar-refractivity contribution in [1.82, 2.24) is 14.7 Å². The summed E-state index contributed by atoms with van der Waals surface area (Å²) in [6.07, 6.45) is 4.07. The predicted molar refractivity (Wildman–Crippen MR) is 87.7 cm³/mol. The first-order valence-electron chi connectivity index (χ1n) is 7.43. The smallest absolute Gasteiger partial charge is 0.137 e. The fraction of sp³-hybridized carbons (Fsp3) is 0.278. The first-order chi connectivity index (χ1) is 10.7. The van der Waals surface area contributed by atoms with E-state index in [1.807, 2.05) is 34.9 Å². The first-order valence-corrected chi connectivity index (χ1v) is 7.43. The number of hydrogen-bond acceptors (Lipinski definition) is 3. The van der Waals surface area contributed by atoms with Crippen molar-refractivity contribution >= 4 is 5.65 Å². The lowest BCUT2D eigenvalue weighted by molar-refractivity contribution is 0.117. The third kappa shape index (κ3) is 3.03. The summed E-state index contributed by atoms with van der Waals surface area (Å²) in [4.78, 5) is 4.63. The van der Waals surface area contributed by atoms with E-state index in [1.165, 1.54) is 5.56 Å². The number of nitrogens with zero attached hydrogens (tertiary/aromatic N) is 2. The van der Waals surface area contributed by atoms with Gasteiger partial charge in [0.15, 0.2) is 0 Å². The maximum Gasteiger partial charge on any atom is 0.137 e. The van der Waals surface area contributed by atoms with E-state index in [-0.39, 0.29) is 5.54 Å². The number of ether oxygens (including phenoxy) is 1. The molecule has 0 radical (unpaired) electrons. The maximum absolute atomic E-state index is 5.42. The van der Waals surface area contributed by atoms with Gasteiger partial charge in [0.25, 0.3) is 0 Å². The molecule has 0 bridgehead atoms. The van der Waals surface area contributed by atoms with Gasteiger partial charge in [-0.15, -0.1) is 0 Å². The van der Waals surface area contributed by atoms with Gasteiger partial charge in [-0.25, -0.2) is 4.98 Å². The third-order valence-electron chi connectivity index (χ3n) is 3.92. The minimum Gasteiger partial charge on any atom is -0.382 e. The normalized spacial score (nSPS) is 14.1. The molecule has 1 atom stereocenters. The van der Waals surface area contributed by atoms with E-state index in [0.29, 0.717) is 13.2 Å². The van der Waals surface area contributed by atoms with Gasteiger partial charge in [0, 0.05) is 26.0 Å². The molecule has 0 aliphatic rings. The summed E-state index contributed by atoms with van der Waals surface area (Å²) in [5.74, 6) is 0. The van der Waals surface area contributed by atoms with Crippen LogP contribution in [0.1, 0.15) is 18.2 Å². The van der Waals surface area contributed by atoms with Crippen LogP contribution in [0.4, 0.5) is 0 Å². The van der Waals surface area contributed by atoms with Crippen LogP contribution in [0, 0.1) is 0 Å². The Morgan fingerprint density at radius 2 is 1.91 bits per heavy atom. The van der Waals surface area contributed by atoms with E-state index in [0.717, 1.165) is 11.3 Å². The summed E-state index contributed by atoms with van der Waals surface area (Å²) in [5, 5.41) is 3.59. The minimum absolute atomic E-state index is 0.244. The predicted octanol–water partition coefficient (Wildman–Crippen LogP) is 2.99. The lowest BCUT2D eigenvalue weighted by Gasteiger charge is -2.30.